The molecule has 114 valence electrons. The second-order valence-corrected chi connectivity index (χ2v) is 6.24. The van der Waals surface area contributed by atoms with Crippen LogP contribution in [0.15, 0.2) is 18.2 Å². The molecule has 0 aliphatic carbocycles. The van der Waals surface area contributed by atoms with Crippen molar-refractivity contribution in [2.75, 3.05) is 32.8 Å². The molecule has 21 heavy (non-hydrogen) atoms. The van der Waals surface area contributed by atoms with Gasteiger partial charge in [-0.1, -0.05) is 13.0 Å². The Hall–Kier alpha value is -1.46. The first-order valence-corrected chi connectivity index (χ1v) is 7.70. The molecule has 0 aromatic carbocycles. The highest BCUT2D eigenvalue weighted by Crippen LogP contribution is 2.17. The summed E-state index contributed by atoms with van der Waals surface area (Å²) in [6.45, 7) is 9.23. The minimum atomic E-state index is 0.0182. The molecule has 5 nitrogen and oxygen atoms in total. The number of hydrogen-bond donors (Lipinski definition) is 0. The first kappa shape index (κ1) is 14.5. The third-order valence-corrected chi connectivity index (χ3v) is 4.18. The summed E-state index contributed by atoms with van der Waals surface area (Å²) >= 11 is 0. The van der Waals surface area contributed by atoms with Gasteiger partial charge in [-0.2, -0.15) is 0 Å². The third-order valence-electron chi connectivity index (χ3n) is 4.18. The van der Waals surface area contributed by atoms with Crippen molar-refractivity contribution in [3.05, 3.63) is 29.6 Å². The summed E-state index contributed by atoms with van der Waals surface area (Å²) in [5.74, 6) is 0.800. The second-order valence-electron chi connectivity index (χ2n) is 6.24. The molecule has 0 N–H and O–H groups in total. The van der Waals surface area contributed by atoms with Crippen LogP contribution in [-0.2, 0) is 11.3 Å². The molecule has 1 aromatic rings. The highest BCUT2D eigenvalue weighted by molar-refractivity contribution is 5.92. The van der Waals surface area contributed by atoms with Crippen molar-refractivity contribution in [3.8, 4) is 0 Å². The van der Waals surface area contributed by atoms with Crippen molar-refractivity contribution in [1.82, 2.24) is 14.8 Å². The fraction of sp³-hybridized carbons (Fsp3) is 0.625. The van der Waals surface area contributed by atoms with E-state index in [9.17, 15) is 4.79 Å². The lowest BCUT2D eigenvalue weighted by atomic mass is 10.0. The molecule has 0 radical (unpaired) electrons. The van der Waals surface area contributed by atoms with E-state index in [0.29, 0.717) is 25.5 Å². The lowest BCUT2D eigenvalue weighted by molar-refractivity contribution is 0.00323. The van der Waals surface area contributed by atoms with E-state index in [-0.39, 0.29) is 11.9 Å². The normalized spacial score (nSPS) is 23.9. The molecule has 0 bridgehead atoms. The van der Waals surface area contributed by atoms with E-state index in [1.54, 1.807) is 0 Å². The number of amides is 1. The van der Waals surface area contributed by atoms with Gasteiger partial charge in [-0.05, 0) is 25.0 Å². The van der Waals surface area contributed by atoms with E-state index < -0.39 is 0 Å². The minimum absolute atomic E-state index is 0.0182. The summed E-state index contributed by atoms with van der Waals surface area (Å²) in [5.41, 5.74) is 1.53. The molecule has 5 heteroatoms. The van der Waals surface area contributed by atoms with Crippen molar-refractivity contribution in [2.45, 2.75) is 26.4 Å². The van der Waals surface area contributed by atoms with Crippen molar-refractivity contribution in [3.63, 3.8) is 0 Å². The Kier molecular flexibility index (Phi) is 4.22. The number of pyridine rings is 1. The maximum absolute atomic E-state index is 12.6. The molecular formula is C16H23N3O2. The van der Waals surface area contributed by atoms with Crippen molar-refractivity contribution < 1.29 is 9.53 Å². The predicted molar refractivity (Wildman–Crippen MR) is 80.0 cm³/mol. The molecule has 0 spiro atoms. The Morgan fingerprint density at radius 3 is 2.90 bits per heavy atom. The van der Waals surface area contributed by atoms with Gasteiger partial charge in [-0.15, -0.1) is 0 Å². The molecule has 1 atom stereocenters. The van der Waals surface area contributed by atoms with Gasteiger partial charge >= 0.3 is 0 Å². The van der Waals surface area contributed by atoms with Gasteiger partial charge in [0.15, 0.2) is 0 Å². The molecular weight excluding hydrogens is 266 g/mol. The Balaban J connectivity index is 1.68. The van der Waals surface area contributed by atoms with Gasteiger partial charge in [-0.25, -0.2) is 4.98 Å². The van der Waals surface area contributed by atoms with Crippen LogP contribution in [0.3, 0.4) is 0 Å². The third kappa shape index (κ3) is 3.24. The van der Waals surface area contributed by atoms with Crippen LogP contribution in [0.5, 0.6) is 0 Å². The van der Waals surface area contributed by atoms with E-state index in [1.165, 1.54) is 0 Å². The zero-order chi connectivity index (χ0) is 14.8. The van der Waals surface area contributed by atoms with Gasteiger partial charge < -0.3 is 9.64 Å². The largest absolute Gasteiger partial charge is 0.377 e. The molecule has 2 aliphatic rings. The Labute approximate surface area is 125 Å². The first-order chi connectivity index (χ1) is 10.1. The van der Waals surface area contributed by atoms with Crippen LogP contribution in [0, 0.1) is 5.92 Å². The molecule has 3 rings (SSSR count). The Morgan fingerprint density at radius 2 is 2.19 bits per heavy atom. The number of rotatable bonds is 3. The Morgan fingerprint density at radius 1 is 1.38 bits per heavy atom. The van der Waals surface area contributed by atoms with Crippen LogP contribution in [0.25, 0.3) is 0 Å². The van der Waals surface area contributed by atoms with E-state index >= 15 is 0 Å². The first-order valence-electron chi connectivity index (χ1n) is 7.70. The summed E-state index contributed by atoms with van der Waals surface area (Å²) in [5, 5.41) is 0. The van der Waals surface area contributed by atoms with Crippen LogP contribution < -0.4 is 0 Å². The molecule has 0 saturated carbocycles. The minimum Gasteiger partial charge on any atom is -0.377 e. The van der Waals surface area contributed by atoms with Gasteiger partial charge in [0.2, 0.25) is 0 Å². The number of hydrogen-bond acceptors (Lipinski definition) is 4. The number of nitrogens with zero attached hydrogens (tertiary/aromatic N) is 3. The number of carbonyl (C=O) groups excluding carboxylic acids is 1. The number of likely N-dealkylation sites (tertiary alicyclic amines) is 1. The number of morpholine rings is 1. The SMILES string of the molecule is CC1CN(Cc2cccc(C(=O)N3CCOCC3C)n2)C1. The lowest BCUT2D eigenvalue weighted by Crippen LogP contribution is -2.47. The highest BCUT2D eigenvalue weighted by Gasteiger charge is 2.26. The van der Waals surface area contributed by atoms with Gasteiger partial charge in [-0.3, -0.25) is 9.69 Å². The van der Waals surface area contributed by atoms with Gasteiger partial charge in [0, 0.05) is 26.2 Å². The predicted octanol–water partition coefficient (Wildman–Crippen LogP) is 1.39. The zero-order valence-corrected chi connectivity index (χ0v) is 12.8. The molecule has 1 amide bonds. The lowest BCUT2D eigenvalue weighted by Gasteiger charge is -2.37. The van der Waals surface area contributed by atoms with Crippen LogP contribution in [0.4, 0.5) is 0 Å². The monoisotopic (exact) mass is 289 g/mol. The summed E-state index contributed by atoms with van der Waals surface area (Å²) in [6.07, 6.45) is 0. The standard InChI is InChI=1S/C16H23N3O2/c1-12-8-18(9-12)10-14-4-3-5-15(17-14)16(20)19-6-7-21-11-13(19)2/h3-5,12-13H,6-11H2,1-2H3. The molecule has 1 unspecified atom stereocenters. The summed E-state index contributed by atoms with van der Waals surface area (Å²) in [6, 6.07) is 5.87. The zero-order valence-electron chi connectivity index (χ0n) is 12.8. The van der Waals surface area contributed by atoms with Gasteiger partial charge in [0.25, 0.3) is 5.91 Å². The Bertz CT molecular complexity index is 514. The van der Waals surface area contributed by atoms with Crippen LogP contribution in [0.2, 0.25) is 0 Å². The van der Waals surface area contributed by atoms with Gasteiger partial charge in [0.1, 0.15) is 5.69 Å². The van der Waals surface area contributed by atoms with Crippen molar-refractivity contribution >= 4 is 5.91 Å². The quantitative estimate of drug-likeness (QED) is 0.843. The molecule has 2 saturated heterocycles. The van der Waals surface area contributed by atoms with Crippen LogP contribution >= 0.6 is 0 Å². The van der Waals surface area contributed by atoms with E-state index in [4.69, 9.17) is 4.74 Å². The average molecular weight is 289 g/mol. The van der Waals surface area contributed by atoms with Crippen molar-refractivity contribution in [2.24, 2.45) is 5.92 Å². The van der Waals surface area contributed by atoms with Crippen molar-refractivity contribution in [1.29, 1.82) is 0 Å². The topological polar surface area (TPSA) is 45.7 Å². The number of carbonyl (C=O) groups is 1. The smallest absolute Gasteiger partial charge is 0.272 e. The van der Waals surface area contributed by atoms with E-state index in [0.717, 1.165) is 31.2 Å². The second kappa shape index (κ2) is 6.12. The number of aromatic nitrogens is 1. The van der Waals surface area contributed by atoms with Crippen LogP contribution in [-0.4, -0.2) is 59.6 Å². The summed E-state index contributed by atoms with van der Waals surface area (Å²) < 4.78 is 5.39. The summed E-state index contributed by atoms with van der Waals surface area (Å²) in [7, 11) is 0. The van der Waals surface area contributed by atoms with Crippen LogP contribution in [0.1, 0.15) is 30.0 Å². The molecule has 2 fully saturated rings. The molecule has 2 aliphatic heterocycles. The fourth-order valence-electron chi connectivity index (χ4n) is 3.05. The maximum Gasteiger partial charge on any atom is 0.272 e. The highest BCUT2D eigenvalue weighted by atomic mass is 16.5. The maximum atomic E-state index is 12.6. The van der Waals surface area contributed by atoms with E-state index in [2.05, 4.69) is 16.8 Å². The average Bonchev–Trinajstić information content (AvgIpc) is 2.46. The van der Waals surface area contributed by atoms with E-state index in [1.807, 2.05) is 30.0 Å². The van der Waals surface area contributed by atoms with Gasteiger partial charge in [0.05, 0.1) is 24.9 Å². The molecule has 1 aromatic heterocycles. The molecule has 3 heterocycles. The fourth-order valence-corrected chi connectivity index (χ4v) is 3.05. The number of ether oxygens (including phenoxy) is 1. The summed E-state index contributed by atoms with van der Waals surface area (Å²) in [4.78, 5) is 21.4.